The van der Waals surface area contributed by atoms with Gasteiger partial charge in [0, 0.05) is 38.6 Å². The van der Waals surface area contributed by atoms with Gasteiger partial charge in [-0.25, -0.2) is 0 Å². The molecule has 0 unspecified atom stereocenters. The van der Waals surface area contributed by atoms with Crippen LogP contribution in [0.2, 0.25) is 0 Å². The molecule has 0 N–H and O–H groups in total. The van der Waals surface area contributed by atoms with Gasteiger partial charge in [-0.05, 0) is 35.0 Å². The summed E-state index contributed by atoms with van der Waals surface area (Å²) in [4.78, 5) is 18.1. The zero-order valence-electron chi connectivity index (χ0n) is 13.1. The molecule has 0 aliphatic carbocycles. The van der Waals surface area contributed by atoms with E-state index in [4.69, 9.17) is 0 Å². The van der Waals surface area contributed by atoms with Crippen LogP contribution in [0.4, 0.5) is 0 Å². The molecule has 0 atom stereocenters. The van der Waals surface area contributed by atoms with Crippen LogP contribution < -0.4 is 0 Å². The molecule has 4 nitrogen and oxygen atoms in total. The third-order valence-electron chi connectivity index (χ3n) is 3.42. The minimum atomic E-state index is 0.319. The number of carbonyl (C=O) groups is 1. The van der Waals surface area contributed by atoms with Gasteiger partial charge in [0.2, 0.25) is 0 Å². The van der Waals surface area contributed by atoms with E-state index in [0.29, 0.717) is 24.8 Å². The van der Waals surface area contributed by atoms with Crippen molar-refractivity contribution >= 4 is 5.78 Å². The van der Waals surface area contributed by atoms with Crippen LogP contribution in [0.3, 0.4) is 0 Å². The Labute approximate surface area is 113 Å². The average molecular weight is 257 g/mol. The second kappa shape index (κ2) is 9.48. The predicted molar refractivity (Wildman–Crippen MR) is 78.1 cm³/mol. The molecule has 0 spiro atoms. The first-order valence-electron chi connectivity index (χ1n) is 6.95. The van der Waals surface area contributed by atoms with Gasteiger partial charge in [-0.1, -0.05) is 6.92 Å². The van der Waals surface area contributed by atoms with Gasteiger partial charge < -0.3 is 9.80 Å². The third kappa shape index (κ3) is 8.61. The molecule has 0 aromatic carbocycles. The van der Waals surface area contributed by atoms with E-state index in [1.165, 1.54) is 0 Å². The Bertz CT molecular complexity index is 231. The van der Waals surface area contributed by atoms with E-state index < -0.39 is 0 Å². The number of carbonyl (C=O) groups excluding carboxylic acids is 1. The van der Waals surface area contributed by atoms with Gasteiger partial charge in [0.15, 0.2) is 0 Å². The van der Waals surface area contributed by atoms with E-state index in [0.717, 1.165) is 26.2 Å². The van der Waals surface area contributed by atoms with Crippen molar-refractivity contribution in [3.05, 3.63) is 0 Å². The number of hydrogen-bond acceptors (Lipinski definition) is 4. The lowest BCUT2D eigenvalue weighted by molar-refractivity contribution is -0.119. The summed E-state index contributed by atoms with van der Waals surface area (Å²) in [6.45, 7) is 11.1. The standard InChI is InChI=1S/C14H31N3O/c1-7-14(18)12-16(5)9-8-15(4)10-11-17(6)13(2)3/h13H,7-12H2,1-6H3. The minimum Gasteiger partial charge on any atom is -0.304 e. The van der Waals surface area contributed by atoms with Crippen LogP contribution in [0.25, 0.3) is 0 Å². The van der Waals surface area contributed by atoms with Crippen LogP contribution in [0.5, 0.6) is 0 Å². The molecule has 0 bridgehead atoms. The van der Waals surface area contributed by atoms with Crippen LogP contribution in [-0.4, -0.2) is 80.4 Å². The zero-order chi connectivity index (χ0) is 14.1. The fourth-order valence-electron chi connectivity index (χ4n) is 1.53. The van der Waals surface area contributed by atoms with Crippen molar-refractivity contribution in [2.45, 2.75) is 33.2 Å². The normalized spacial score (nSPS) is 12.1. The SMILES string of the molecule is CCC(=O)CN(C)CCN(C)CCN(C)C(C)C. The van der Waals surface area contributed by atoms with Crippen molar-refractivity contribution in [2.24, 2.45) is 0 Å². The molecule has 0 saturated heterocycles. The van der Waals surface area contributed by atoms with Crippen molar-refractivity contribution < 1.29 is 4.79 Å². The topological polar surface area (TPSA) is 26.8 Å². The minimum absolute atomic E-state index is 0.319. The first kappa shape index (κ1) is 17.6. The van der Waals surface area contributed by atoms with Crippen molar-refractivity contribution in [2.75, 3.05) is 53.9 Å². The second-order valence-electron chi connectivity index (χ2n) is 5.51. The van der Waals surface area contributed by atoms with E-state index in [2.05, 4.69) is 42.6 Å². The van der Waals surface area contributed by atoms with Crippen LogP contribution >= 0.6 is 0 Å². The molecule has 0 saturated carbocycles. The molecule has 0 rings (SSSR count). The van der Waals surface area contributed by atoms with Gasteiger partial charge in [0.25, 0.3) is 0 Å². The Morgan fingerprint density at radius 2 is 1.44 bits per heavy atom. The molecule has 0 radical (unpaired) electrons. The molecular formula is C14H31N3O. The molecule has 0 fully saturated rings. The number of likely N-dealkylation sites (N-methyl/N-ethyl adjacent to an activating group) is 3. The molecule has 0 aliphatic rings. The Kier molecular flexibility index (Phi) is 9.24. The summed E-state index contributed by atoms with van der Waals surface area (Å²) in [7, 11) is 6.32. The van der Waals surface area contributed by atoms with Gasteiger partial charge in [-0.15, -0.1) is 0 Å². The summed E-state index contributed by atoms with van der Waals surface area (Å²) in [6, 6.07) is 0.600. The number of hydrogen-bond donors (Lipinski definition) is 0. The maximum atomic E-state index is 11.3. The molecular weight excluding hydrogens is 226 g/mol. The van der Waals surface area contributed by atoms with Crippen molar-refractivity contribution in [1.29, 1.82) is 0 Å². The Morgan fingerprint density at radius 3 is 1.94 bits per heavy atom. The summed E-state index contributed by atoms with van der Waals surface area (Å²) < 4.78 is 0. The predicted octanol–water partition coefficient (Wildman–Crippen LogP) is 1.17. The van der Waals surface area contributed by atoms with Gasteiger partial charge in [-0.2, -0.15) is 0 Å². The maximum absolute atomic E-state index is 11.3. The lowest BCUT2D eigenvalue weighted by atomic mass is 10.3. The largest absolute Gasteiger partial charge is 0.304 e. The van der Waals surface area contributed by atoms with Crippen LogP contribution in [0.1, 0.15) is 27.2 Å². The highest BCUT2D eigenvalue weighted by Gasteiger charge is 2.07. The maximum Gasteiger partial charge on any atom is 0.146 e. The summed E-state index contributed by atoms with van der Waals surface area (Å²) in [5, 5.41) is 0. The van der Waals surface area contributed by atoms with Crippen molar-refractivity contribution in [3.63, 3.8) is 0 Å². The number of Topliss-reactive ketones (excluding diaryl/α,β-unsaturated/α-hetero) is 1. The fraction of sp³-hybridized carbons (Fsp3) is 0.929. The summed E-state index contributed by atoms with van der Waals surface area (Å²) in [5.41, 5.74) is 0. The van der Waals surface area contributed by atoms with Crippen LogP contribution in [-0.2, 0) is 4.79 Å². The molecule has 0 heterocycles. The monoisotopic (exact) mass is 257 g/mol. The molecule has 0 amide bonds. The molecule has 0 aliphatic heterocycles. The van der Waals surface area contributed by atoms with Gasteiger partial charge in [0.1, 0.15) is 5.78 Å². The highest BCUT2D eigenvalue weighted by atomic mass is 16.1. The Morgan fingerprint density at radius 1 is 0.944 bits per heavy atom. The summed E-state index contributed by atoms with van der Waals surface area (Å²) in [6.07, 6.45) is 0.638. The molecule has 0 aromatic rings. The highest BCUT2D eigenvalue weighted by Crippen LogP contribution is 1.94. The average Bonchev–Trinajstić information content (AvgIpc) is 2.32. The zero-order valence-corrected chi connectivity index (χ0v) is 13.1. The van der Waals surface area contributed by atoms with E-state index >= 15 is 0 Å². The fourth-order valence-corrected chi connectivity index (χ4v) is 1.53. The first-order valence-corrected chi connectivity index (χ1v) is 6.95. The van der Waals surface area contributed by atoms with Gasteiger partial charge in [0.05, 0.1) is 6.54 Å². The van der Waals surface area contributed by atoms with E-state index in [9.17, 15) is 4.79 Å². The van der Waals surface area contributed by atoms with E-state index in [1.54, 1.807) is 0 Å². The third-order valence-corrected chi connectivity index (χ3v) is 3.42. The van der Waals surface area contributed by atoms with Gasteiger partial charge in [-0.3, -0.25) is 9.69 Å². The van der Waals surface area contributed by atoms with Crippen LogP contribution in [0.15, 0.2) is 0 Å². The summed E-state index contributed by atoms with van der Waals surface area (Å²) >= 11 is 0. The van der Waals surface area contributed by atoms with Crippen molar-refractivity contribution in [1.82, 2.24) is 14.7 Å². The molecule has 0 aromatic heterocycles. The van der Waals surface area contributed by atoms with Gasteiger partial charge >= 0.3 is 0 Å². The number of rotatable bonds is 10. The molecule has 108 valence electrons. The lowest BCUT2D eigenvalue weighted by Gasteiger charge is -2.26. The molecule has 18 heavy (non-hydrogen) atoms. The van der Waals surface area contributed by atoms with E-state index in [-0.39, 0.29) is 0 Å². The van der Waals surface area contributed by atoms with Crippen molar-refractivity contribution in [3.8, 4) is 0 Å². The van der Waals surface area contributed by atoms with E-state index in [1.807, 2.05) is 14.0 Å². The van der Waals surface area contributed by atoms with Crippen LogP contribution in [0, 0.1) is 0 Å². The number of nitrogens with zero attached hydrogens (tertiary/aromatic N) is 3. The Hall–Kier alpha value is -0.450. The second-order valence-corrected chi connectivity index (χ2v) is 5.51. The smallest absolute Gasteiger partial charge is 0.146 e. The lowest BCUT2D eigenvalue weighted by Crippen LogP contribution is -2.38. The Balaban J connectivity index is 3.69. The number of ketones is 1. The molecule has 4 heteroatoms. The first-order chi connectivity index (χ1) is 8.36. The quantitative estimate of drug-likeness (QED) is 0.587. The highest BCUT2D eigenvalue weighted by molar-refractivity contribution is 5.80. The summed E-state index contributed by atoms with van der Waals surface area (Å²) in [5.74, 6) is 0.319.